The van der Waals surface area contributed by atoms with Crippen LogP contribution in [0.1, 0.15) is 49.5 Å². The molecule has 3 nitrogen and oxygen atoms in total. The van der Waals surface area contributed by atoms with Crippen molar-refractivity contribution < 1.29 is 14.3 Å². The van der Waals surface area contributed by atoms with Gasteiger partial charge in [0.15, 0.2) is 0 Å². The number of hydrogen-bond donors (Lipinski definition) is 0. The molecule has 4 heteroatoms. The standard InChI is InChI=1S/C9H16BO3.2CH4/c1-6(9(3,4)5)13-8(12)10-7(2)11;;/h6H,1-5H3;2*1H4. The Bertz CT molecular complexity index is 206. The van der Waals surface area contributed by atoms with Crippen LogP contribution >= 0.6 is 0 Å². The molecule has 0 rings (SSSR count). The first-order valence-electron chi connectivity index (χ1n) is 4.29. The molecule has 0 fully saturated rings. The van der Waals surface area contributed by atoms with E-state index in [0.29, 0.717) is 0 Å². The van der Waals surface area contributed by atoms with Crippen molar-refractivity contribution in [2.75, 3.05) is 0 Å². The lowest BCUT2D eigenvalue weighted by atomic mass is 9.74. The molecule has 1 atom stereocenters. The molecule has 0 aromatic rings. The van der Waals surface area contributed by atoms with Gasteiger partial charge in [-0.15, -0.1) is 0 Å². The Hall–Kier alpha value is -0.795. The van der Waals surface area contributed by atoms with Crippen molar-refractivity contribution >= 4 is 18.8 Å². The molecule has 0 spiro atoms. The van der Waals surface area contributed by atoms with Crippen LogP contribution in [0.3, 0.4) is 0 Å². The van der Waals surface area contributed by atoms with Crippen LogP contribution in [0.5, 0.6) is 0 Å². The Morgan fingerprint density at radius 2 is 1.60 bits per heavy atom. The van der Waals surface area contributed by atoms with E-state index in [-0.39, 0.29) is 32.1 Å². The van der Waals surface area contributed by atoms with Gasteiger partial charge in [-0.05, 0) is 19.3 Å². The topological polar surface area (TPSA) is 43.4 Å². The summed E-state index contributed by atoms with van der Waals surface area (Å²) in [5.41, 5.74) is -0.383. The maximum absolute atomic E-state index is 11.0. The Morgan fingerprint density at radius 1 is 1.20 bits per heavy atom. The van der Waals surface area contributed by atoms with Crippen molar-refractivity contribution in [2.45, 2.75) is 55.6 Å². The highest BCUT2D eigenvalue weighted by Gasteiger charge is 2.24. The van der Waals surface area contributed by atoms with Gasteiger partial charge in [-0.1, -0.05) is 35.6 Å². The molecule has 0 aromatic carbocycles. The van der Waals surface area contributed by atoms with E-state index in [1.165, 1.54) is 6.92 Å². The van der Waals surface area contributed by atoms with Gasteiger partial charge in [0.05, 0.1) is 5.68 Å². The summed E-state index contributed by atoms with van der Waals surface area (Å²) >= 11 is 0. The van der Waals surface area contributed by atoms with E-state index < -0.39 is 5.87 Å². The zero-order valence-corrected chi connectivity index (χ0v) is 8.88. The van der Waals surface area contributed by atoms with Gasteiger partial charge in [0.25, 0.3) is 5.87 Å². The summed E-state index contributed by atoms with van der Waals surface area (Å²) in [6, 6.07) is 0. The first-order chi connectivity index (χ1) is 5.73. The lowest BCUT2D eigenvalue weighted by molar-refractivity contribution is -0.110. The molecule has 0 saturated heterocycles. The molecule has 0 saturated carbocycles. The highest BCUT2D eigenvalue weighted by Crippen LogP contribution is 2.21. The van der Waals surface area contributed by atoms with E-state index in [2.05, 4.69) is 0 Å². The second-order valence-electron chi connectivity index (χ2n) is 4.20. The smallest absolute Gasteiger partial charge is 0.347 e. The average molecular weight is 215 g/mol. The van der Waals surface area contributed by atoms with E-state index in [4.69, 9.17) is 4.74 Å². The maximum atomic E-state index is 11.0. The first kappa shape index (κ1) is 19.7. The van der Waals surface area contributed by atoms with Gasteiger partial charge in [0.2, 0.25) is 0 Å². The summed E-state index contributed by atoms with van der Waals surface area (Å²) in [5.74, 6) is -0.560. The van der Waals surface area contributed by atoms with E-state index in [0.717, 1.165) is 7.28 Å². The summed E-state index contributed by atoms with van der Waals surface area (Å²) in [6.07, 6.45) is -0.199. The molecule has 0 aromatic heterocycles. The van der Waals surface area contributed by atoms with Crippen LogP contribution in [0, 0.1) is 5.41 Å². The van der Waals surface area contributed by atoms with Gasteiger partial charge < -0.3 is 9.53 Å². The summed E-state index contributed by atoms with van der Waals surface area (Å²) in [6.45, 7) is 9.05. The van der Waals surface area contributed by atoms with Crippen LogP contribution in [0.25, 0.3) is 0 Å². The normalized spacial score (nSPS) is 11.5. The van der Waals surface area contributed by atoms with Gasteiger partial charge in [0, 0.05) is 0 Å². The van der Waals surface area contributed by atoms with E-state index in [9.17, 15) is 9.59 Å². The fourth-order valence-corrected chi connectivity index (χ4v) is 0.551. The lowest BCUT2D eigenvalue weighted by Crippen LogP contribution is -2.31. The molecule has 0 aliphatic carbocycles. The van der Waals surface area contributed by atoms with Gasteiger partial charge in [-0.2, -0.15) is 0 Å². The minimum Gasteiger partial charge on any atom is -0.470 e. The van der Waals surface area contributed by atoms with Crippen molar-refractivity contribution in [1.29, 1.82) is 0 Å². The lowest BCUT2D eigenvalue weighted by Gasteiger charge is -2.26. The van der Waals surface area contributed by atoms with E-state index >= 15 is 0 Å². The summed E-state index contributed by atoms with van der Waals surface area (Å²) in [5, 5.41) is 0. The molecule has 0 aliphatic rings. The molecule has 0 heterocycles. The van der Waals surface area contributed by atoms with Crippen molar-refractivity contribution in [3.63, 3.8) is 0 Å². The maximum Gasteiger partial charge on any atom is 0.347 e. The summed E-state index contributed by atoms with van der Waals surface area (Å²) < 4.78 is 5.01. The van der Waals surface area contributed by atoms with E-state index in [1.807, 2.05) is 27.7 Å². The average Bonchev–Trinajstić information content (AvgIpc) is 1.82. The Kier molecular flexibility index (Phi) is 9.85. The van der Waals surface area contributed by atoms with Gasteiger partial charge in [0.1, 0.15) is 6.10 Å². The molecule has 0 aliphatic heterocycles. The minimum atomic E-state index is -0.560. The largest absolute Gasteiger partial charge is 0.470 e. The van der Waals surface area contributed by atoms with Crippen LogP contribution < -0.4 is 0 Å². The number of ether oxygens (including phenoxy) is 1. The predicted molar refractivity (Wildman–Crippen MR) is 65.3 cm³/mol. The number of hydrogen-bond acceptors (Lipinski definition) is 3. The SMILES string of the molecule is C.C.CC(=O)[B]C(=O)OC(C)C(C)(C)C. The molecule has 89 valence electrons. The Balaban J connectivity index is -0.000000720. The highest BCUT2D eigenvalue weighted by atomic mass is 16.5. The van der Waals surface area contributed by atoms with E-state index in [1.54, 1.807) is 0 Å². The van der Waals surface area contributed by atoms with Crippen molar-refractivity contribution in [1.82, 2.24) is 0 Å². The third-order valence-electron chi connectivity index (χ3n) is 1.83. The molecular weight excluding hydrogens is 191 g/mol. The second-order valence-corrected chi connectivity index (χ2v) is 4.20. The molecule has 0 amide bonds. The quantitative estimate of drug-likeness (QED) is 0.679. The minimum absolute atomic E-state index is 0. The van der Waals surface area contributed by atoms with Crippen LogP contribution in [0.15, 0.2) is 0 Å². The molecule has 0 bridgehead atoms. The zero-order chi connectivity index (χ0) is 10.6. The molecular formula is C11H24BO3. The Labute approximate surface area is 94.8 Å². The molecule has 0 N–H and O–H groups in total. The van der Waals surface area contributed by atoms with Gasteiger partial charge in [-0.25, -0.2) is 0 Å². The third-order valence-corrected chi connectivity index (χ3v) is 1.83. The van der Waals surface area contributed by atoms with Crippen molar-refractivity contribution in [3.8, 4) is 0 Å². The summed E-state index contributed by atoms with van der Waals surface area (Å²) in [7, 11) is 0.961. The number of rotatable bonds is 3. The first-order valence-corrected chi connectivity index (χ1v) is 4.29. The van der Waals surface area contributed by atoms with Gasteiger partial charge in [-0.3, -0.25) is 4.79 Å². The molecule has 1 radical (unpaired) electrons. The van der Waals surface area contributed by atoms with Crippen LogP contribution in [0.2, 0.25) is 0 Å². The van der Waals surface area contributed by atoms with Crippen molar-refractivity contribution in [3.05, 3.63) is 0 Å². The van der Waals surface area contributed by atoms with Crippen molar-refractivity contribution in [2.24, 2.45) is 5.41 Å². The third kappa shape index (κ3) is 9.51. The monoisotopic (exact) mass is 215 g/mol. The fraction of sp³-hybridized carbons (Fsp3) is 0.818. The molecule has 1 unspecified atom stereocenters. The van der Waals surface area contributed by atoms with Crippen LogP contribution in [-0.2, 0) is 9.53 Å². The Morgan fingerprint density at radius 3 is 1.87 bits per heavy atom. The number of carbonyl (C=O) groups excluding carboxylic acids is 2. The fourth-order valence-electron chi connectivity index (χ4n) is 0.551. The predicted octanol–water partition coefficient (Wildman–Crippen LogP) is 3.08. The molecule has 15 heavy (non-hydrogen) atoms. The highest BCUT2D eigenvalue weighted by molar-refractivity contribution is 6.95. The van der Waals surface area contributed by atoms with Crippen LogP contribution in [-0.4, -0.2) is 24.9 Å². The number of carbonyl (C=O) groups is 2. The second kappa shape index (κ2) is 7.49. The van der Waals surface area contributed by atoms with Gasteiger partial charge >= 0.3 is 7.28 Å². The zero-order valence-electron chi connectivity index (χ0n) is 8.88. The summed E-state index contributed by atoms with van der Waals surface area (Å²) in [4.78, 5) is 21.5. The van der Waals surface area contributed by atoms with Crippen LogP contribution in [0.4, 0.5) is 4.79 Å².